The van der Waals surface area contributed by atoms with Crippen molar-refractivity contribution in [3.8, 4) is 5.75 Å². The summed E-state index contributed by atoms with van der Waals surface area (Å²) >= 11 is 0. The van der Waals surface area contributed by atoms with Crippen molar-refractivity contribution in [2.24, 2.45) is 5.10 Å². The number of hydrogen-bond acceptors (Lipinski definition) is 5. The maximum Gasteiger partial charge on any atom is 0.239 e. The molecule has 0 spiro atoms. The van der Waals surface area contributed by atoms with Gasteiger partial charge in [-0.1, -0.05) is 12.1 Å². The van der Waals surface area contributed by atoms with E-state index in [9.17, 15) is 4.79 Å². The molecule has 1 amide bonds. The minimum absolute atomic E-state index is 0.0738. The van der Waals surface area contributed by atoms with Gasteiger partial charge in [-0.05, 0) is 43.2 Å². The Kier molecular flexibility index (Phi) is 4.35. The van der Waals surface area contributed by atoms with Gasteiger partial charge in [0, 0.05) is 23.7 Å². The van der Waals surface area contributed by atoms with Crippen molar-refractivity contribution in [2.45, 2.75) is 26.3 Å². The molecule has 25 heavy (non-hydrogen) atoms. The molecule has 0 radical (unpaired) electrons. The fraction of sp³-hybridized carbons (Fsp3) is 0.263. The van der Waals surface area contributed by atoms with Gasteiger partial charge < -0.3 is 16.2 Å². The topological polar surface area (TPSA) is 93.9 Å². The summed E-state index contributed by atoms with van der Waals surface area (Å²) in [5.41, 5.74) is 16.7. The van der Waals surface area contributed by atoms with Crippen LogP contribution in [0, 0.1) is 0 Å². The Morgan fingerprint density at radius 2 is 1.92 bits per heavy atom. The molecule has 0 bridgehead atoms. The van der Waals surface area contributed by atoms with Gasteiger partial charge in [0.2, 0.25) is 5.91 Å². The van der Waals surface area contributed by atoms with Gasteiger partial charge in [0.1, 0.15) is 5.75 Å². The molecule has 1 aliphatic heterocycles. The largest absolute Gasteiger partial charge is 0.495 e. The number of nitrogen functional groups attached to an aromatic ring is 2. The van der Waals surface area contributed by atoms with Gasteiger partial charge in [0.25, 0.3) is 0 Å². The van der Waals surface area contributed by atoms with Gasteiger partial charge in [0.15, 0.2) is 0 Å². The predicted molar refractivity (Wildman–Crippen MR) is 99.6 cm³/mol. The number of carbonyl (C=O) groups excluding carboxylic acids is 1. The van der Waals surface area contributed by atoms with E-state index in [-0.39, 0.29) is 11.9 Å². The van der Waals surface area contributed by atoms with Gasteiger partial charge in [-0.15, -0.1) is 0 Å². The number of ether oxygens (including phenoxy) is 1. The Balaban J connectivity index is 2.25. The summed E-state index contributed by atoms with van der Waals surface area (Å²) < 4.78 is 5.38. The average Bonchev–Trinajstić information content (AvgIpc) is 2.70. The lowest BCUT2D eigenvalue weighted by atomic mass is 9.93. The second-order valence-corrected chi connectivity index (χ2v) is 6.24. The van der Waals surface area contributed by atoms with Crippen molar-refractivity contribution in [3.05, 3.63) is 53.1 Å². The van der Waals surface area contributed by atoms with Crippen LogP contribution in [0.5, 0.6) is 5.75 Å². The highest BCUT2D eigenvalue weighted by molar-refractivity contribution is 6.14. The number of carbonyl (C=O) groups is 1. The molecule has 0 aromatic heterocycles. The first-order valence-corrected chi connectivity index (χ1v) is 8.11. The highest BCUT2D eigenvalue weighted by atomic mass is 16.5. The number of fused-ring (bicyclic) bond motifs is 1. The summed E-state index contributed by atoms with van der Waals surface area (Å²) in [5, 5.41) is 6.19. The molecule has 2 aromatic carbocycles. The van der Waals surface area contributed by atoms with Crippen LogP contribution in [0.3, 0.4) is 0 Å². The van der Waals surface area contributed by atoms with Crippen LogP contribution < -0.4 is 16.2 Å². The second-order valence-electron chi connectivity index (χ2n) is 6.24. The number of rotatable bonds is 2. The van der Waals surface area contributed by atoms with E-state index in [1.54, 1.807) is 7.11 Å². The van der Waals surface area contributed by atoms with E-state index in [4.69, 9.17) is 16.2 Å². The van der Waals surface area contributed by atoms with Crippen LogP contribution in [0.25, 0.3) is 0 Å². The van der Waals surface area contributed by atoms with E-state index < -0.39 is 0 Å². The van der Waals surface area contributed by atoms with Crippen molar-refractivity contribution in [3.63, 3.8) is 0 Å². The molecule has 0 saturated heterocycles. The lowest BCUT2D eigenvalue weighted by Gasteiger charge is -2.21. The van der Waals surface area contributed by atoms with Gasteiger partial charge in [-0.3, -0.25) is 4.79 Å². The number of nitrogens with two attached hydrogens (primary N) is 2. The molecule has 130 valence electrons. The SMILES string of the molecule is COc1cc2c(cc1N)CC(C)N(C(C)=O)N=C2c1ccc(N)cc1. The molecule has 2 aromatic rings. The standard InChI is InChI=1S/C19H22N4O2/c1-11-8-14-9-17(21)18(25-3)10-16(14)19(22-23(11)12(2)24)13-4-6-15(20)7-5-13/h4-7,9-11H,8,20-21H2,1-3H3. The van der Waals surface area contributed by atoms with Gasteiger partial charge in [0.05, 0.1) is 24.6 Å². The molecule has 1 heterocycles. The minimum Gasteiger partial charge on any atom is -0.495 e. The fourth-order valence-electron chi connectivity index (χ4n) is 3.11. The highest BCUT2D eigenvalue weighted by Crippen LogP contribution is 2.31. The molecule has 6 heteroatoms. The van der Waals surface area contributed by atoms with Crippen molar-refractivity contribution in [2.75, 3.05) is 18.6 Å². The normalized spacial score (nSPS) is 16.7. The van der Waals surface area contributed by atoms with Crippen LogP contribution in [-0.2, 0) is 11.2 Å². The molecule has 1 unspecified atom stereocenters. The van der Waals surface area contributed by atoms with E-state index >= 15 is 0 Å². The molecular formula is C19H22N4O2. The van der Waals surface area contributed by atoms with Crippen LogP contribution in [0.1, 0.15) is 30.5 Å². The first kappa shape index (κ1) is 16.8. The maximum atomic E-state index is 12.1. The molecule has 4 N–H and O–H groups in total. The van der Waals surface area contributed by atoms with Crippen molar-refractivity contribution >= 4 is 23.0 Å². The Hall–Kier alpha value is -3.02. The summed E-state index contributed by atoms with van der Waals surface area (Å²) in [4.78, 5) is 12.1. The van der Waals surface area contributed by atoms with E-state index in [1.165, 1.54) is 11.9 Å². The van der Waals surface area contributed by atoms with E-state index in [2.05, 4.69) is 5.10 Å². The molecule has 1 aliphatic rings. The van der Waals surface area contributed by atoms with Crippen LogP contribution in [0.4, 0.5) is 11.4 Å². The lowest BCUT2D eigenvalue weighted by molar-refractivity contribution is -0.130. The summed E-state index contributed by atoms with van der Waals surface area (Å²) in [6.07, 6.45) is 0.658. The first-order chi connectivity index (χ1) is 11.9. The Labute approximate surface area is 147 Å². The highest BCUT2D eigenvalue weighted by Gasteiger charge is 2.26. The first-order valence-electron chi connectivity index (χ1n) is 8.11. The molecule has 3 rings (SSSR count). The number of hydrogen-bond donors (Lipinski definition) is 2. The van der Waals surface area contributed by atoms with Crippen molar-refractivity contribution in [1.82, 2.24) is 5.01 Å². The summed E-state index contributed by atoms with van der Waals surface area (Å²) in [6.45, 7) is 3.49. The third kappa shape index (κ3) is 3.15. The number of anilines is 2. The predicted octanol–water partition coefficient (Wildman–Crippen LogP) is 2.41. The van der Waals surface area contributed by atoms with Gasteiger partial charge in [-0.2, -0.15) is 5.10 Å². The third-order valence-electron chi connectivity index (χ3n) is 4.36. The minimum atomic E-state index is -0.104. The summed E-state index contributed by atoms with van der Waals surface area (Å²) in [7, 11) is 1.58. The van der Waals surface area contributed by atoms with E-state index in [0.717, 1.165) is 16.7 Å². The number of methoxy groups -OCH3 is 1. The quantitative estimate of drug-likeness (QED) is 0.822. The Morgan fingerprint density at radius 1 is 1.24 bits per heavy atom. The fourth-order valence-corrected chi connectivity index (χ4v) is 3.11. The zero-order valence-electron chi connectivity index (χ0n) is 14.6. The second kappa shape index (κ2) is 6.47. The third-order valence-corrected chi connectivity index (χ3v) is 4.36. The lowest BCUT2D eigenvalue weighted by Crippen LogP contribution is -2.33. The van der Waals surface area contributed by atoms with Gasteiger partial charge in [-0.25, -0.2) is 5.01 Å². The Bertz CT molecular complexity index is 843. The number of amides is 1. The molecular weight excluding hydrogens is 316 g/mol. The van der Waals surface area contributed by atoms with Gasteiger partial charge >= 0.3 is 0 Å². The monoisotopic (exact) mass is 338 g/mol. The summed E-state index contributed by atoms with van der Waals surface area (Å²) in [6, 6.07) is 11.1. The van der Waals surface area contributed by atoms with Crippen LogP contribution in [0.2, 0.25) is 0 Å². The summed E-state index contributed by atoms with van der Waals surface area (Å²) in [5.74, 6) is 0.485. The average molecular weight is 338 g/mol. The van der Waals surface area contributed by atoms with Crippen molar-refractivity contribution < 1.29 is 9.53 Å². The Morgan fingerprint density at radius 3 is 2.52 bits per heavy atom. The maximum absolute atomic E-state index is 12.1. The molecule has 1 atom stereocenters. The number of benzene rings is 2. The van der Waals surface area contributed by atoms with E-state index in [1.807, 2.05) is 43.3 Å². The molecule has 0 saturated carbocycles. The zero-order valence-corrected chi connectivity index (χ0v) is 14.6. The van der Waals surface area contributed by atoms with E-state index in [0.29, 0.717) is 29.3 Å². The van der Waals surface area contributed by atoms with Crippen LogP contribution in [-0.4, -0.2) is 29.8 Å². The number of nitrogens with zero attached hydrogens (tertiary/aromatic N) is 2. The zero-order chi connectivity index (χ0) is 18.1. The van der Waals surface area contributed by atoms with Crippen molar-refractivity contribution in [1.29, 1.82) is 0 Å². The van der Waals surface area contributed by atoms with Crippen LogP contribution >= 0.6 is 0 Å². The molecule has 0 aliphatic carbocycles. The smallest absolute Gasteiger partial charge is 0.239 e. The van der Waals surface area contributed by atoms with Crippen LogP contribution in [0.15, 0.2) is 41.5 Å². The number of hydrazone groups is 1. The molecule has 0 fully saturated rings. The molecule has 6 nitrogen and oxygen atoms in total.